The number of allylic oxidation sites excluding steroid dienone is 3. The van der Waals surface area contributed by atoms with E-state index in [0.29, 0.717) is 12.3 Å². The van der Waals surface area contributed by atoms with Gasteiger partial charge in [0.15, 0.2) is 5.78 Å². The predicted octanol–water partition coefficient (Wildman–Crippen LogP) is 15.6. The second kappa shape index (κ2) is 34.6. The van der Waals surface area contributed by atoms with Crippen molar-refractivity contribution >= 4 is 5.78 Å². The molecule has 0 aliphatic carbocycles. The van der Waals surface area contributed by atoms with E-state index in [2.05, 4.69) is 83.6 Å². The van der Waals surface area contributed by atoms with Crippen LogP contribution in [0, 0.1) is 11.8 Å². The highest BCUT2D eigenvalue weighted by atomic mass is 16.5. The second-order valence-electron chi connectivity index (χ2n) is 17.1. The Morgan fingerprint density at radius 3 is 1.87 bits per heavy atom. The number of aryl methyl sites for hydroxylation is 1. The van der Waals surface area contributed by atoms with Gasteiger partial charge in [0, 0.05) is 13.0 Å². The van der Waals surface area contributed by atoms with E-state index in [1.807, 2.05) is 0 Å². The van der Waals surface area contributed by atoms with Crippen molar-refractivity contribution in [2.75, 3.05) is 20.7 Å². The molecule has 0 bridgehead atoms. The first-order chi connectivity index (χ1) is 25.8. The number of hydrogen-bond acceptors (Lipinski definition) is 3. The highest BCUT2D eigenvalue weighted by molar-refractivity contribution is 5.80. The second-order valence-corrected chi connectivity index (χ2v) is 17.1. The molecule has 0 spiro atoms. The Hall–Kier alpha value is -1.87. The largest absolute Gasteiger partial charge is 0.486 e. The van der Waals surface area contributed by atoms with Gasteiger partial charge in [-0.1, -0.05) is 193 Å². The molecule has 0 fully saturated rings. The van der Waals surface area contributed by atoms with Crippen LogP contribution in [0.2, 0.25) is 0 Å². The maximum Gasteiger partial charge on any atom is 0.170 e. The normalized spacial score (nSPS) is 12.4. The van der Waals surface area contributed by atoms with Gasteiger partial charge in [0.2, 0.25) is 0 Å². The van der Waals surface area contributed by atoms with Crippen molar-refractivity contribution in [3.05, 3.63) is 53.6 Å². The molecule has 53 heavy (non-hydrogen) atoms. The van der Waals surface area contributed by atoms with Gasteiger partial charge in [0.05, 0.1) is 0 Å². The number of Topliss-reactive ketones (excluding diaryl/α,β-unsaturated/α-hetero) is 1. The van der Waals surface area contributed by atoms with Gasteiger partial charge in [-0.05, 0) is 94.1 Å². The molecule has 0 aliphatic rings. The quantitative estimate of drug-likeness (QED) is 0.0500. The molecule has 0 heterocycles. The zero-order valence-corrected chi connectivity index (χ0v) is 36.4. The summed E-state index contributed by atoms with van der Waals surface area (Å²) >= 11 is 0. The molecule has 1 atom stereocenters. The van der Waals surface area contributed by atoms with Crippen LogP contribution in [0.15, 0.2) is 42.5 Å². The lowest BCUT2D eigenvalue weighted by Gasteiger charge is -2.17. The van der Waals surface area contributed by atoms with Crippen molar-refractivity contribution in [2.24, 2.45) is 11.8 Å². The van der Waals surface area contributed by atoms with Crippen molar-refractivity contribution in [1.29, 1.82) is 0 Å². The van der Waals surface area contributed by atoms with Crippen molar-refractivity contribution < 1.29 is 9.53 Å². The van der Waals surface area contributed by atoms with Gasteiger partial charge in [-0.3, -0.25) is 4.79 Å². The monoisotopic (exact) mass is 736 g/mol. The number of carbonyl (C=O) groups is 1. The minimum Gasteiger partial charge on any atom is -0.486 e. The molecule has 0 radical (unpaired) electrons. The van der Waals surface area contributed by atoms with Crippen LogP contribution in [0.5, 0.6) is 5.75 Å². The SMILES string of the molecule is C=C(CCCCCCC/C=C\CC(C)CCCCC)CCc1cc(CN(C)C)cc(OCC(=O)CC(CCCCCCCC)CCCCCCCC)c1. The summed E-state index contributed by atoms with van der Waals surface area (Å²) < 4.78 is 6.25. The number of hydrogen-bond donors (Lipinski definition) is 0. The number of ketones is 1. The van der Waals surface area contributed by atoms with Crippen LogP contribution in [0.1, 0.15) is 219 Å². The Balaban J connectivity index is 2.50. The molecule has 0 amide bonds. The molecular formula is C50H89NO2. The fourth-order valence-corrected chi connectivity index (χ4v) is 7.65. The third-order valence-corrected chi connectivity index (χ3v) is 11.0. The zero-order valence-electron chi connectivity index (χ0n) is 36.4. The minimum atomic E-state index is 0.190. The highest BCUT2D eigenvalue weighted by Crippen LogP contribution is 2.25. The van der Waals surface area contributed by atoms with Crippen LogP contribution < -0.4 is 4.74 Å². The number of benzene rings is 1. The maximum atomic E-state index is 13.3. The maximum absolute atomic E-state index is 13.3. The van der Waals surface area contributed by atoms with E-state index in [0.717, 1.165) is 37.5 Å². The van der Waals surface area contributed by atoms with E-state index < -0.39 is 0 Å². The van der Waals surface area contributed by atoms with E-state index in [4.69, 9.17) is 4.74 Å². The number of carbonyl (C=O) groups excluding carboxylic acids is 1. The smallest absolute Gasteiger partial charge is 0.170 e. The fourth-order valence-electron chi connectivity index (χ4n) is 7.65. The molecule has 0 aliphatic heterocycles. The number of ether oxygens (including phenoxy) is 1. The first-order valence-corrected chi connectivity index (χ1v) is 23.0. The third kappa shape index (κ3) is 30.1. The summed E-state index contributed by atoms with van der Waals surface area (Å²) in [5, 5.41) is 0. The Kier molecular flexibility index (Phi) is 32.1. The van der Waals surface area contributed by atoms with E-state index in [-0.39, 0.29) is 12.4 Å². The zero-order chi connectivity index (χ0) is 38.8. The van der Waals surface area contributed by atoms with Gasteiger partial charge >= 0.3 is 0 Å². The fraction of sp³-hybridized carbons (Fsp3) is 0.780. The van der Waals surface area contributed by atoms with Crippen LogP contribution in [-0.2, 0) is 17.8 Å². The summed E-state index contributed by atoms with van der Waals surface area (Å²) in [5.74, 6) is 2.45. The van der Waals surface area contributed by atoms with Gasteiger partial charge in [-0.25, -0.2) is 0 Å². The molecule has 306 valence electrons. The van der Waals surface area contributed by atoms with Crippen LogP contribution in [-0.4, -0.2) is 31.4 Å². The molecular weight excluding hydrogens is 647 g/mol. The van der Waals surface area contributed by atoms with Gasteiger partial charge in [-0.15, -0.1) is 0 Å². The van der Waals surface area contributed by atoms with Crippen LogP contribution >= 0.6 is 0 Å². The van der Waals surface area contributed by atoms with Crippen molar-refractivity contribution in [3.63, 3.8) is 0 Å². The summed E-state index contributed by atoms with van der Waals surface area (Å²) in [6.07, 6.45) is 41.3. The van der Waals surface area contributed by atoms with Crippen molar-refractivity contribution in [3.8, 4) is 5.75 Å². The van der Waals surface area contributed by atoms with Gasteiger partial charge in [0.25, 0.3) is 0 Å². The summed E-state index contributed by atoms with van der Waals surface area (Å²) in [6, 6.07) is 6.63. The first-order valence-electron chi connectivity index (χ1n) is 23.0. The molecule has 1 aromatic carbocycles. The predicted molar refractivity (Wildman–Crippen MR) is 235 cm³/mol. The first kappa shape index (κ1) is 49.1. The van der Waals surface area contributed by atoms with E-state index in [1.54, 1.807) is 0 Å². The van der Waals surface area contributed by atoms with Gasteiger partial charge in [-0.2, -0.15) is 0 Å². The minimum absolute atomic E-state index is 0.190. The summed E-state index contributed by atoms with van der Waals surface area (Å²) in [7, 11) is 4.22. The number of nitrogens with zero attached hydrogens (tertiary/aromatic N) is 1. The van der Waals surface area contributed by atoms with Gasteiger partial charge < -0.3 is 9.64 Å². The molecule has 1 aromatic rings. The number of unbranched alkanes of at least 4 members (excludes halogenated alkanes) is 17. The Morgan fingerprint density at radius 1 is 0.679 bits per heavy atom. The highest BCUT2D eigenvalue weighted by Gasteiger charge is 2.15. The third-order valence-electron chi connectivity index (χ3n) is 11.0. The summed E-state index contributed by atoms with van der Waals surface area (Å²) in [5.41, 5.74) is 3.90. The Bertz CT molecular complexity index is 1030. The standard InChI is InChI=1S/C50H89NO2/c1-8-11-14-16-24-29-34-46(35-30-25-17-15-12-9-2)39-49(52)43-53-50-40-47(38-48(41-50)42-51(6)7)37-36-45(5)33-28-23-21-19-18-20-22-27-32-44(4)31-26-13-10-3/h22,27,38,40-41,44,46H,5,8-21,23-26,28-37,39,42-43H2,1-4,6-7H3/b27-22-. The average Bonchev–Trinajstić information content (AvgIpc) is 3.13. The molecule has 0 saturated heterocycles. The number of rotatable bonds is 38. The Labute approximate surface area is 331 Å². The van der Waals surface area contributed by atoms with E-state index >= 15 is 0 Å². The molecule has 3 nitrogen and oxygen atoms in total. The molecule has 0 saturated carbocycles. The van der Waals surface area contributed by atoms with Crippen LogP contribution in [0.3, 0.4) is 0 Å². The summed E-state index contributed by atoms with van der Waals surface area (Å²) in [4.78, 5) is 15.5. The average molecular weight is 736 g/mol. The van der Waals surface area contributed by atoms with Crippen LogP contribution in [0.25, 0.3) is 0 Å². The lowest BCUT2D eigenvalue weighted by Crippen LogP contribution is -2.17. The molecule has 1 rings (SSSR count). The topological polar surface area (TPSA) is 29.5 Å². The lowest BCUT2D eigenvalue weighted by molar-refractivity contribution is -0.122. The van der Waals surface area contributed by atoms with E-state index in [9.17, 15) is 4.79 Å². The summed E-state index contributed by atoms with van der Waals surface area (Å²) in [6.45, 7) is 14.7. The van der Waals surface area contributed by atoms with Crippen molar-refractivity contribution in [2.45, 2.75) is 220 Å². The molecule has 0 aromatic heterocycles. The van der Waals surface area contributed by atoms with E-state index in [1.165, 1.54) is 177 Å². The van der Waals surface area contributed by atoms with Gasteiger partial charge in [0.1, 0.15) is 12.4 Å². The van der Waals surface area contributed by atoms with Crippen LogP contribution in [0.4, 0.5) is 0 Å². The molecule has 1 unspecified atom stereocenters. The molecule has 3 heteroatoms. The Morgan fingerprint density at radius 2 is 1.23 bits per heavy atom. The van der Waals surface area contributed by atoms with Crippen molar-refractivity contribution in [1.82, 2.24) is 4.90 Å². The molecule has 0 N–H and O–H groups in total. The lowest BCUT2D eigenvalue weighted by atomic mass is 9.90.